The van der Waals surface area contributed by atoms with Crippen molar-refractivity contribution in [3.05, 3.63) is 98.7 Å². The zero-order valence-electron chi connectivity index (χ0n) is 15.2. The van der Waals surface area contributed by atoms with Gasteiger partial charge in [0.15, 0.2) is 0 Å². The SMILES string of the molecule is Cc1ccc(C(S)c2cc(=O)n3[nH]c(Cc4ccccc4)nc3n2)cc1C. The number of hydrogen-bond donors (Lipinski definition) is 2. The molecule has 2 heterocycles. The van der Waals surface area contributed by atoms with E-state index >= 15 is 0 Å². The van der Waals surface area contributed by atoms with Gasteiger partial charge in [-0.15, -0.1) is 0 Å². The maximum Gasteiger partial charge on any atom is 0.274 e. The molecule has 0 saturated heterocycles. The summed E-state index contributed by atoms with van der Waals surface area (Å²) in [5.74, 6) is 1.07. The zero-order chi connectivity index (χ0) is 19.0. The molecule has 0 aliphatic heterocycles. The first-order chi connectivity index (χ1) is 13.0. The highest BCUT2D eigenvalue weighted by atomic mass is 32.1. The van der Waals surface area contributed by atoms with Gasteiger partial charge in [0.2, 0.25) is 0 Å². The van der Waals surface area contributed by atoms with Crippen LogP contribution in [0.2, 0.25) is 0 Å². The molecule has 4 aromatic rings. The number of thiol groups is 1. The molecule has 1 N–H and O–H groups in total. The summed E-state index contributed by atoms with van der Waals surface area (Å²) in [7, 11) is 0. The molecule has 136 valence electrons. The van der Waals surface area contributed by atoms with E-state index in [1.807, 2.05) is 36.4 Å². The van der Waals surface area contributed by atoms with Crippen LogP contribution in [0, 0.1) is 13.8 Å². The van der Waals surface area contributed by atoms with Crippen molar-refractivity contribution in [3.8, 4) is 0 Å². The van der Waals surface area contributed by atoms with Crippen LogP contribution in [-0.4, -0.2) is 19.6 Å². The fraction of sp³-hybridized carbons (Fsp3) is 0.190. The summed E-state index contributed by atoms with van der Waals surface area (Å²) >= 11 is 4.70. The summed E-state index contributed by atoms with van der Waals surface area (Å²) in [6.07, 6.45) is 0.612. The van der Waals surface area contributed by atoms with Gasteiger partial charge in [0.1, 0.15) is 5.82 Å². The topological polar surface area (TPSA) is 63.0 Å². The minimum Gasteiger partial charge on any atom is -0.275 e. The lowest BCUT2D eigenvalue weighted by molar-refractivity contribution is 0.851. The molecular formula is C21H20N4OS. The van der Waals surface area contributed by atoms with E-state index in [1.165, 1.54) is 21.7 Å². The molecular weight excluding hydrogens is 356 g/mol. The Labute approximate surface area is 162 Å². The molecule has 6 heteroatoms. The van der Waals surface area contributed by atoms with E-state index in [-0.39, 0.29) is 10.8 Å². The number of hydrogen-bond acceptors (Lipinski definition) is 4. The smallest absolute Gasteiger partial charge is 0.274 e. The lowest BCUT2D eigenvalue weighted by atomic mass is 10.0. The maximum atomic E-state index is 12.5. The first-order valence-corrected chi connectivity index (χ1v) is 9.30. The van der Waals surface area contributed by atoms with Crippen molar-refractivity contribution in [1.29, 1.82) is 0 Å². The number of rotatable bonds is 4. The van der Waals surface area contributed by atoms with Crippen molar-refractivity contribution in [3.63, 3.8) is 0 Å². The second-order valence-electron chi connectivity index (χ2n) is 6.73. The van der Waals surface area contributed by atoms with Crippen molar-refractivity contribution in [2.45, 2.75) is 25.5 Å². The number of fused-ring (bicyclic) bond motifs is 1. The van der Waals surface area contributed by atoms with Crippen LogP contribution in [0.25, 0.3) is 5.78 Å². The Kier molecular flexibility index (Phi) is 4.58. The molecule has 1 atom stereocenters. The van der Waals surface area contributed by atoms with Gasteiger partial charge in [-0.3, -0.25) is 9.89 Å². The van der Waals surface area contributed by atoms with Crippen LogP contribution < -0.4 is 5.56 Å². The fourth-order valence-electron chi connectivity index (χ4n) is 3.06. The van der Waals surface area contributed by atoms with Gasteiger partial charge in [0.05, 0.1) is 10.9 Å². The van der Waals surface area contributed by atoms with Crippen molar-refractivity contribution in [1.82, 2.24) is 19.6 Å². The Balaban J connectivity index is 1.70. The van der Waals surface area contributed by atoms with E-state index in [0.717, 1.165) is 11.1 Å². The molecule has 0 saturated carbocycles. The van der Waals surface area contributed by atoms with Gasteiger partial charge in [-0.05, 0) is 36.1 Å². The molecule has 1 unspecified atom stereocenters. The first kappa shape index (κ1) is 17.5. The second-order valence-corrected chi connectivity index (χ2v) is 7.25. The molecule has 0 aliphatic carbocycles. The number of benzene rings is 2. The summed E-state index contributed by atoms with van der Waals surface area (Å²) in [6, 6.07) is 17.7. The van der Waals surface area contributed by atoms with E-state index in [1.54, 1.807) is 0 Å². The summed E-state index contributed by atoms with van der Waals surface area (Å²) in [6.45, 7) is 4.13. The Morgan fingerprint density at radius 2 is 1.81 bits per heavy atom. The van der Waals surface area contributed by atoms with Crippen LogP contribution in [0.5, 0.6) is 0 Å². The van der Waals surface area contributed by atoms with Gasteiger partial charge in [0.25, 0.3) is 11.3 Å². The zero-order valence-corrected chi connectivity index (χ0v) is 16.1. The van der Waals surface area contributed by atoms with Crippen molar-refractivity contribution in [2.24, 2.45) is 0 Å². The molecule has 5 nitrogen and oxygen atoms in total. The van der Waals surface area contributed by atoms with Gasteiger partial charge >= 0.3 is 0 Å². The van der Waals surface area contributed by atoms with Gasteiger partial charge in [-0.1, -0.05) is 48.5 Å². The van der Waals surface area contributed by atoms with Crippen LogP contribution in [0.1, 0.15) is 39.0 Å². The Morgan fingerprint density at radius 1 is 1.04 bits per heavy atom. The molecule has 0 radical (unpaired) electrons. The largest absolute Gasteiger partial charge is 0.275 e. The molecule has 0 fully saturated rings. The summed E-state index contributed by atoms with van der Waals surface area (Å²) in [5.41, 5.74) is 4.95. The van der Waals surface area contributed by atoms with Crippen LogP contribution in [0.4, 0.5) is 0 Å². The number of H-pyrrole nitrogens is 1. The van der Waals surface area contributed by atoms with Crippen LogP contribution in [0.3, 0.4) is 0 Å². The number of aromatic amines is 1. The van der Waals surface area contributed by atoms with Gasteiger partial charge in [0, 0.05) is 12.5 Å². The monoisotopic (exact) mass is 376 g/mol. The maximum absolute atomic E-state index is 12.5. The number of nitrogens with one attached hydrogen (secondary N) is 1. The highest BCUT2D eigenvalue weighted by Gasteiger charge is 2.16. The predicted molar refractivity (Wildman–Crippen MR) is 110 cm³/mol. The van der Waals surface area contributed by atoms with Gasteiger partial charge < -0.3 is 0 Å². The molecule has 0 amide bonds. The van der Waals surface area contributed by atoms with Crippen LogP contribution >= 0.6 is 12.6 Å². The molecule has 2 aromatic carbocycles. The lowest BCUT2D eigenvalue weighted by Crippen LogP contribution is -2.16. The summed E-state index contributed by atoms with van der Waals surface area (Å²) < 4.78 is 1.38. The van der Waals surface area contributed by atoms with E-state index in [4.69, 9.17) is 12.6 Å². The average molecular weight is 376 g/mol. The molecule has 0 bridgehead atoms. The fourth-order valence-corrected chi connectivity index (χ4v) is 3.35. The minimum absolute atomic E-state index is 0.190. The van der Waals surface area contributed by atoms with Crippen molar-refractivity contribution in [2.75, 3.05) is 0 Å². The van der Waals surface area contributed by atoms with E-state index in [9.17, 15) is 4.79 Å². The third-order valence-corrected chi connectivity index (χ3v) is 5.30. The summed E-state index contributed by atoms with van der Waals surface area (Å²) in [4.78, 5) is 21.6. The minimum atomic E-state index is -0.281. The number of nitrogens with zero attached hydrogens (tertiary/aromatic N) is 3. The predicted octanol–water partition coefficient (Wildman–Crippen LogP) is 3.64. The van der Waals surface area contributed by atoms with E-state index in [0.29, 0.717) is 23.7 Å². The average Bonchev–Trinajstić information content (AvgIpc) is 3.07. The normalized spacial score (nSPS) is 12.4. The van der Waals surface area contributed by atoms with Gasteiger partial charge in [-0.25, -0.2) is 4.98 Å². The quantitative estimate of drug-likeness (QED) is 0.535. The van der Waals surface area contributed by atoms with E-state index in [2.05, 4.69) is 41.0 Å². The number of aryl methyl sites for hydroxylation is 2. The third kappa shape index (κ3) is 3.53. The highest BCUT2D eigenvalue weighted by molar-refractivity contribution is 7.80. The second kappa shape index (κ2) is 7.04. The molecule has 0 spiro atoms. The number of aromatic nitrogens is 4. The Morgan fingerprint density at radius 3 is 2.56 bits per heavy atom. The first-order valence-electron chi connectivity index (χ1n) is 8.79. The Bertz CT molecular complexity index is 1160. The standard InChI is InChI=1S/C21H20N4OS/c1-13-8-9-16(10-14(13)2)20(27)17-12-19(26)25-21(22-17)23-18(24-25)11-15-6-4-3-5-7-15/h3-10,12,20,27H,11H2,1-2H3,(H,22,23,24). The Hall–Kier alpha value is -2.86. The van der Waals surface area contributed by atoms with Crippen molar-refractivity contribution >= 4 is 18.4 Å². The molecule has 27 heavy (non-hydrogen) atoms. The van der Waals surface area contributed by atoms with E-state index < -0.39 is 0 Å². The van der Waals surface area contributed by atoms with Crippen LogP contribution in [0.15, 0.2) is 59.4 Å². The highest BCUT2D eigenvalue weighted by Crippen LogP contribution is 2.27. The molecule has 2 aromatic heterocycles. The van der Waals surface area contributed by atoms with Crippen LogP contribution in [-0.2, 0) is 6.42 Å². The summed E-state index contributed by atoms with van der Waals surface area (Å²) in [5, 5.41) is 2.76. The molecule has 4 rings (SSSR count). The molecule has 0 aliphatic rings. The lowest BCUT2D eigenvalue weighted by Gasteiger charge is -2.12. The third-order valence-electron chi connectivity index (χ3n) is 4.74. The van der Waals surface area contributed by atoms with Crippen molar-refractivity contribution < 1.29 is 0 Å². The van der Waals surface area contributed by atoms with Gasteiger partial charge in [-0.2, -0.15) is 22.1 Å².